The van der Waals surface area contributed by atoms with E-state index in [0.717, 1.165) is 6.07 Å². The minimum absolute atomic E-state index is 0.00428. The van der Waals surface area contributed by atoms with Crippen molar-refractivity contribution < 1.29 is 26.0 Å². The zero-order valence-electron chi connectivity index (χ0n) is 19.5. The lowest BCUT2D eigenvalue weighted by Crippen LogP contribution is -2.42. The number of amides is 1. The van der Waals surface area contributed by atoms with E-state index in [1.54, 1.807) is 12.1 Å². The molecule has 1 aromatic heterocycles. The van der Waals surface area contributed by atoms with Crippen LogP contribution in [-0.4, -0.2) is 45.1 Å². The van der Waals surface area contributed by atoms with Crippen LogP contribution in [0.3, 0.4) is 0 Å². The number of piperidine rings is 1. The topological polar surface area (TPSA) is 126 Å². The van der Waals surface area contributed by atoms with Crippen molar-refractivity contribution >= 4 is 49.1 Å². The Kier molecular flexibility index (Phi) is 8.12. The standard InChI is InChI=1S/C24H24ClFN4O5S2/c25-21-4-3-5-22(26)20(21)16-36(32,33)30-14-11-17(12-15-30)24(31)28-18-7-9-19(10-8-18)37(34,35)29-23-6-1-2-13-27-23/h1-10,13,17H,11-12,14-16H2,(H,27,29)(H,28,31). The summed E-state index contributed by atoms with van der Waals surface area (Å²) < 4.78 is 68.3. The predicted octanol–water partition coefficient (Wildman–Crippen LogP) is 3.86. The number of benzene rings is 2. The molecule has 0 unspecified atom stereocenters. The lowest BCUT2D eigenvalue weighted by Gasteiger charge is -2.30. The number of aromatic nitrogens is 1. The second-order valence-corrected chi connectivity index (χ2v) is 12.5. The summed E-state index contributed by atoms with van der Waals surface area (Å²) in [5, 5.41) is 2.79. The van der Waals surface area contributed by atoms with Gasteiger partial charge in [-0.05, 0) is 61.4 Å². The molecule has 0 spiro atoms. The van der Waals surface area contributed by atoms with Crippen molar-refractivity contribution in [3.63, 3.8) is 0 Å². The molecule has 2 aromatic carbocycles. The molecule has 1 amide bonds. The summed E-state index contributed by atoms with van der Waals surface area (Å²) in [6, 6.07) is 14.5. The van der Waals surface area contributed by atoms with Gasteiger partial charge in [0.05, 0.1) is 10.6 Å². The average Bonchev–Trinajstić information content (AvgIpc) is 2.87. The molecule has 4 rings (SSSR count). The molecule has 13 heteroatoms. The maximum Gasteiger partial charge on any atom is 0.263 e. The first-order valence-corrected chi connectivity index (χ1v) is 14.8. The Bertz CT molecular complexity index is 1460. The van der Waals surface area contributed by atoms with Crippen molar-refractivity contribution in [1.29, 1.82) is 0 Å². The van der Waals surface area contributed by atoms with Gasteiger partial charge in [0, 0.05) is 41.5 Å². The zero-order valence-corrected chi connectivity index (χ0v) is 21.9. The Labute approximate surface area is 219 Å². The summed E-state index contributed by atoms with van der Waals surface area (Å²) in [5.74, 6) is -1.78. The SMILES string of the molecule is O=C(Nc1ccc(S(=O)(=O)Nc2ccccn2)cc1)C1CCN(S(=O)(=O)Cc2c(F)cccc2Cl)CC1. The number of sulfonamides is 2. The molecular formula is C24H24ClFN4O5S2. The first-order valence-electron chi connectivity index (χ1n) is 11.3. The largest absolute Gasteiger partial charge is 0.326 e. The molecule has 1 aliphatic rings. The van der Waals surface area contributed by atoms with Gasteiger partial charge in [0.25, 0.3) is 10.0 Å². The van der Waals surface area contributed by atoms with Crippen LogP contribution in [0, 0.1) is 11.7 Å². The van der Waals surface area contributed by atoms with Crippen molar-refractivity contribution in [3.8, 4) is 0 Å². The first-order chi connectivity index (χ1) is 17.5. The summed E-state index contributed by atoms with van der Waals surface area (Å²) in [4.78, 5) is 16.7. The van der Waals surface area contributed by atoms with Crippen molar-refractivity contribution in [2.75, 3.05) is 23.1 Å². The van der Waals surface area contributed by atoms with Gasteiger partial charge >= 0.3 is 0 Å². The monoisotopic (exact) mass is 566 g/mol. The molecule has 0 saturated carbocycles. The Morgan fingerprint density at radius 2 is 1.70 bits per heavy atom. The summed E-state index contributed by atoms with van der Waals surface area (Å²) in [7, 11) is -7.67. The highest BCUT2D eigenvalue weighted by Crippen LogP contribution is 2.27. The first kappa shape index (κ1) is 27.0. The van der Waals surface area contributed by atoms with E-state index >= 15 is 0 Å². The molecule has 0 bridgehead atoms. The van der Waals surface area contributed by atoms with Gasteiger partial charge in [0.2, 0.25) is 15.9 Å². The number of carbonyl (C=O) groups excluding carboxylic acids is 1. The van der Waals surface area contributed by atoms with E-state index in [0.29, 0.717) is 5.69 Å². The highest BCUT2D eigenvalue weighted by Gasteiger charge is 2.32. The summed E-state index contributed by atoms with van der Waals surface area (Å²) in [5.41, 5.74) is 0.329. The lowest BCUT2D eigenvalue weighted by atomic mass is 9.97. The van der Waals surface area contributed by atoms with E-state index in [2.05, 4.69) is 15.0 Å². The van der Waals surface area contributed by atoms with Crippen LogP contribution in [-0.2, 0) is 30.6 Å². The number of pyridine rings is 1. The minimum Gasteiger partial charge on any atom is -0.326 e. The smallest absolute Gasteiger partial charge is 0.263 e. The van der Waals surface area contributed by atoms with E-state index in [1.165, 1.54) is 53.0 Å². The van der Waals surface area contributed by atoms with Gasteiger partial charge in [0.1, 0.15) is 11.6 Å². The Morgan fingerprint density at radius 1 is 1.00 bits per heavy atom. The number of hydrogen-bond donors (Lipinski definition) is 2. The third kappa shape index (κ3) is 6.63. The van der Waals surface area contributed by atoms with E-state index in [1.807, 2.05) is 0 Å². The average molecular weight is 567 g/mol. The van der Waals surface area contributed by atoms with Crippen LogP contribution in [0.2, 0.25) is 5.02 Å². The molecule has 0 aliphatic carbocycles. The fourth-order valence-electron chi connectivity index (χ4n) is 3.92. The number of nitrogens with zero attached hydrogens (tertiary/aromatic N) is 2. The number of rotatable bonds is 8. The molecule has 2 heterocycles. The number of hydrogen-bond acceptors (Lipinski definition) is 6. The second-order valence-electron chi connectivity index (χ2n) is 8.46. The number of carbonyl (C=O) groups is 1. The summed E-state index contributed by atoms with van der Waals surface area (Å²) in [6.07, 6.45) is 2.04. The highest BCUT2D eigenvalue weighted by molar-refractivity contribution is 7.92. The Hall–Kier alpha value is -3.06. The van der Waals surface area contributed by atoms with Crippen LogP contribution in [0.25, 0.3) is 0 Å². The van der Waals surface area contributed by atoms with Gasteiger partial charge in [-0.2, -0.15) is 0 Å². The molecule has 2 N–H and O–H groups in total. The highest BCUT2D eigenvalue weighted by atomic mass is 35.5. The molecule has 1 fully saturated rings. The van der Waals surface area contributed by atoms with Gasteiger partial charge in [-0.1, -0.05) is 23.7 Å². The third-order valence-corrected chi connectivity index (χ3v) is 9.47. The maximum absolute atomic E-state index is 14.1. The van der Waals surface area contributed by atoms with Crippen LogP contribution >= 0.6 is 11.6 Å². The molecule has 3 aromatic rings. The Morgan fingerprint density at radius 3 is 2.32 bits per heavy atom. The van der Waals surface area contributed by atoms with Crippen LogP contribution in [0.5, 0.6) is 0 Å². The fraction of sp³-hybridized carbons (Fsp3) is 0.250. The van der Waals surface area contributed by atoms with Crippen molar-refractivity contribution in [3.05, 3.63) is 83.3 Å². The van der Waals surface area contributed by atoms with Crippen LogP contribution in [0.1, 0.15) is 18.4 Å². The molecule has 0 radical (unpaired) electrons. The van der Waals surface area contributed by atoms with Crippen molar-refractivity contribution in [1.82, 2.24) is 9.29 Å². The van der Waals surface area contributed by atoms with Crippen LogP contribution < -0.4 is 10.0 Å². The van der Waals surface area contributed by atoms with Crippen molar-refractivity contribution in [2.24, 2.45) is 5.92 Å². The van der Waals surface area contributed by atoms with Gasteiger partial charge in [-0.15, -0.1) is 0 Å². The van der Waals surface area contributed by atoms with Gasteiger partial charge < -0.3 is 5.32 Å². The lowest BCUT2D eigenvalue weighted by molar-refractivity contribution is -0.120. The van der Waals surface area contributed by atoms with E-state index in [-0.39, 0.29) is 53.1 Å². The van der Waals surface area contributed by atoms with Crippen molar-refractivity contribution in [2.45, 2.75) is 23.5 Å². The van der Waals surface area contributed by atoms with Crippen LogP contribution in [0.15, 0.2) is 71.8 Å². The van der Waals surface area contributed by atoms with Gasteiger partial charge in [0.15, 0.2) is 0 Å². The number of halogens is 2. The van der Waals surface area contributed by atoms with Gasteiger partial charge in [-0.25, -0.2) is 30.5 Å². The fourth-order valence-corrected chi connectivity index (χ4v) is 6.85. The predicted molar refractivity (Wildman–Crippen MR) is 138 cm³/mol. The number of anilines is 2. The zero-order chi connectivity index (χ0) is 26.6. The second kappa shape index (κ2) is 11.1. The van der Waals surface area contributed by atoms with E-state index in [4.69, 9.17) is 11.6 Å². The molecule has 37 heavy (non-hydrogen) atoms. The maximum atomic E-state index is 14.1. The number of nitrogens with one attached hydrogen (secondary N) is 2. The minimum atomic E-state index is -3.85. The quantitative estimate of drug-likeness (QED) is 0.426. The normalized spacial score (nSPS) is 15.3. The van der Waals surface area contributed by atoms with E-state index in [9.17, 15) is 26.0 Å². The summed E-state index contributed by atoms with van der Waals surface area (Å²) >= 11 is 5.97. The molecule has 1 saturated heterocycles. The van der Waals surface area contributed by atoms with Crippen LogP contribution in [0.4, 0.5) is 15.9 Å². The summed E-state index contributed by atoms with van der Waals surface area (Å²) in [6.45, 7) is 0.228. The molecular weight excluding hydrogens is 543 g/mol. The molecule has 9 nitrogen and oxygen atoms in total. The van der Waals surface area contributed by atoms with Gasteiger partial charge in [-0.3, -0.25) is 9.52 Å². The Balaban J connectivity index is 1.32. The third-order valence-electron chi connectivity index (χ3n) is 5.94. The van der Waals surface area contributed by atoms with E-state index < -0.39 is 37.5 Å². The molecule has 196 valence electrons. The molecule has 0 atom stereocenters. The molecule has 1 aliphatic heterocycles.